The van der Waals surface area contributed by atoms with Crippen molar-refractivity contribution in [2.75, 3.05) is 13.7 Å². The maximum Gasteiger partial charge on any atom is 0.405 e. The lowest BCUT2D eigenvalue weighted by molar-refractivity contribution is -0.142. The Balaban J connectivity index is 1.34. The van der Waals surface area contributed by atoms with Crippen LogP contribution in [0, 0.1) is 17.8 Å². The molecule has 1 saturated heterocycles. The molecule has 4 aliphatic rings. The Morgan fingerprint density at radius 1 is 1.08 bits per heavy atom. The highest BCUT2D eigenvalue weighted by Gasteiger charge is 2.63. The van der Waals surface area contributed by atoms with Gasteiger partial charge in [-0.2, -0.15) is 0 Å². The van der Waals surface area contributed by atoms with Crippen LogP contribution in [-0.4, -0.2) is 94.6 Å². The predicted molar refractivity (Wildman–Crippen MR) is 181 cm³/mol. The fraction of sp³-hybridized carbons (Fsp3) is 0.588. The van der Waals surface area contributed by atoms with Gasteiger partial charge in [-0.3, -0.25) is 19.1 Å². The van der Waals surface area contributed by atoms with Crippen LogP contribution in [0.15, 0.2) is 36.4 Å². The number of fused-ring (bicyclic) bond motifs is 3. The van der Waals surface area contributed by atoms with Gasteiger partial charge in [0, 0.05) is 12.3 Å². The van der Waals surface area contributed by atoms with Crippen molar-refractivity contribution < 1.29 is 42.2 Å². The lowest BCUT2D eigenvalue weighted by Gasteiger charge is -2.32. The van der Waals surface area contributed by atoms with Crippen molar-refractivity contribution in [1.29, 1.82) is 0 Å². The van der Waals surface area contributed by atoms with Crippen molar-refractivity contribution in [3.63, 3.8) is 0 Å². The van der Waals surface area contributed by atoms with Crippen LogP contribution in [0.1, 0.15) is 65.7 Å². The Bertz CT molecular complexity index is 1830. The first-order valence-electron chi connectivity index (χ1n) is 17.0. The molecule has 3 fully saturated rings. The van der Waals surface area contributed by atoms with E-state index in [9.17, 15) is 32.7 Å². The Kier molecular flexibility index (Phi) is 9.43. The summed E-state index contributed by atoms with van der Waals surface area (Å²) in [5.74, 6) is -2.42. The molecule has 0 unspecified atom stereocenters. The number of carbonyl (C=O) groups is 4. The van der Waals surface area contributed by atoms with Gasteiger partial charge >= 0.3 is 6.09 Å². The number of methoxy groups -OCH3 is 1. The van der Waals surface area contributed by atoms with Crippen LogP contribution in [0.3, 0.4) is 0 Å². The second-order valence-electron chi connectivity index (χ2n) is 14.4. The molecular formula is C34H44N6O9S. The number of carboxylic acid groups (broad SMARTS) is 1. The summed E-state index contributed by atoms with van der Waals surface area (Å²) in [4.78, 5) is 55.6. The van der Waals surface area contributed by atoms with Crippen LogP contribution in [0.25, 0.3) is 10.8 Å². The first-order chi connectivity index (χ1) is 23.7. The van der Waals surface area contributed by atoms with Gasteiger partial charge in [0.2, 0.25) is 33.6 Å². The van der Waals surface area contributed by atoms with Crippen molar-refractivity contribution in [3.8, 4) is 11.8 Å². The molecule has 6 rings (SSSR count). The van der Waals surface area contributed by atoms with Crippen molar-refractivity contribution in [2.24, 2.45) is 17.8 Å². The van der Waals surface area contributed by atoms with Gasteiger partial charge < -0.3 is 30.1 Å². The summed E-state index contributed by atoms with van der Waals surface area (Å²) >= 11 is 0. The number of hydrogen-bond acceptors (Lipinski definition) is 10. The van der Waals surface area contributed by atoms with Gasteiger partial charge in [-0.05, 0) is 69.4 Å². The van der Waals surface area contributed by atoms with Crippen molar-refractivity contribution in [3.05, 3.63) is 36.4 Å². The Morgan fingerprint density at radius 2 is 1.76 bits per heavy atom. The summed E-state index contributed by atoms with van der Waals surface area (Å²) in [6.45, 7) is 5.31. The lowest BCUT2D eigenvalue weighted by atomic mass is 9.88. The molecule has 50 heavy (non-hydrogen) atoms. The van der Waals surface area contributed by atoms with Crippen LogP contribution >= 0.6 is 0 Å². The highest BCUT2D eigenvalue weighted by Crippen LogP contribution is 2.47. The smallest absolute Gasteiger partial charge is 0.405 e. The van der Waals surface area contributed by atoms with E-state index in [1.165, 1.54) is 12.0 Å². The van der Waals surface area contributed by atoms with E-state index < -0.39 is 74.1 Å². The van der Waals surface area contributed by atoms with Crippen molar-refractivity contribution in [2.45, 2.75) is 94.2 Å². The molecule has 15 nitrogen and oxygen atoms in total. The zero-order valence-electron chi connectivity index (χ0n) is 28.5. The molecular weight excluding hydrogens is 668 g/mol. The third-order valence-corrected chi connectivity index (χ3v) is 12.8. The quantitative estimate of drug-likeness (QED) is 0.307. The monoisotopic (exact) mass is 712 g/mol. The second kappa shape index (κ2) is 13.3. The number of nitrogens with one attached hydrogen (secondary N) is 3. The third kappa shape index (κ3) is 6.81. The second-order valence-corrected chi connectivity index (χ2v) is 16.6. The van der Waals surface area contributed by atoms with Gasteiger partial charge in [-0.15, -0.1) is 10.2 Å². The molecule has 0 bridgehead atoms. The predicted octanol–water partition coefficient (Wildman–Crippen LogP) is 2.51. The van der Waals surface area contributed by atoms with Gasteiger partial charge in [0.15, 0.2) is 0 Å². The van der Waals surface area contributed by atoms with Crippen LogP contribution in [0.5, 0.6) is 11.8 Å². The Morgan fingerprint density at radius 3 is 2.42 bits per heavy atom. The lowest BCUT2D eigenvalue weighted by Crippen LogP contribution is -2.59. The van der Waals surface area contributed by atoms with Gasteiger partial charge in [-0.25, -0.2) is 13.2 Å². The SMILES string of the molecule is COc1nnc(O[C@@H]2C[C@H]3C(=O)N[C@]4(C(=O)NS(=O)(=O)C5(C)CC5)C[C@H]4C=CCC[C@H](C)C[C@@H](C)[C@H](NC(=O)O)C(=O)N3C2)c2ccccc12. The average Bonchev–Trinajstić information content (AvgIpc) is 3.95. The summed E-state index contributed by atoms with van der Waals surface area (Å²) in [7, 11) is -2.53. The fourth-order valence-electron chi connectivity index (χ4n) is 7.18. The van der Waals surface area contributed by atoms with E-state index >= 15 is 0 Å². The minimum absolute atomic E-state index is 0.0151. The molecule has 3 heterocycles. The minimum Gasteiger partial charge on any atom is -0.479 e. The Labute approximate surface area is 290 Å². The molecule has 4 N–H and O–H groups in total. The number of amides is 4. The number of ether oxygens (including phenoxy) is 2. The van der Waals surface area contributed by atoms with Gasteiger partial charge in [0.25, 0.3) is 5.91 Å². The zero-order chi connectivity index (χ0) is 36.0. The molecule has 270 valence electrons. The molecule has 2 saturated carbocycles. The number of aromatic nitrogens is 2. The summed E-state index contributed by atoms with van der Waals surface area (Å²) in [6.07, 6.45) is 4.55. The summed E-state index contributed by atoms with van der Waals surface area (Å²) in [5, 5.41) is 24.5. The van der Waals surface area contributed by atoms with E-state index in [-0.39, 0.29) is 31.2 Å². The first-order valence-corrected chi connectivity index (χ1v) is 18.5. The van der Waals surface area contributed by atoms with Crippen LogP contribution in [0.2, 0.25) is 0 Å². The third-order valence-electron chi connectivity index (χ3n) is 10.6. The average molecular weight is 713 g/mol. The van der Waals surface area contributed by atoms with E-state index in [0.717, 1.165) is 6.42 Å². The number of carbonyl (C=O) groups excluding carboxylic acids is 3. The number of benzene rings is 1. The molecule has 4 amide bonds. The molecule has 16 heteroatoms. The molecule has 1 aromatic heterocycles. The van der Waals surface area contributed by atoms with Gasteiger partial charge in [0.05, 0.1) is 29.2 Å². The molecule has 0 radical (unpaired) electrons. The van der Waals surface area contributed by atoms with Gasteiger partial charge in [-0.1, -0.05) is 38.1 Å². The molecule has 7 atom stereocenters. The highest BCUT2D eigenvalue weighted by atomic mass is 32.2. The van der Waals surface area contributed by atoms with Crippen molar-refractivity contribution >= 4 is 44.6 Å². The summed E-state index contributed by atoms with van der Waals surface area (Å²) < 4.78 is 39.0. The van der Waals surface area contributed by atoms with E-state index in [1.54, 1.807) is 32.0 Å². The Hall–Kier alpha value is -4.47. The van der Waals surface area contributed by atoms with Crippen LogP contribution in [-0.2, 0) is 24.4 Å². The van der Waals surface area contributed by atoms with Crippen molar-refractivity contribution in [1.82, 2.24) is 30.5 Å². The van der Waals surface area contributed by atoms with E-state index in [2.05, 4.69) is 25.6 Å². The number of allylic oxidation sites excluding steroid dienone is 1. The first kappa shape index (κ1) is 35.4. The highest BCUT2D eigenvalue weighted by molar-refractivity contribution is 7.91. The van der Waals surface area contributed by atoms with Crippen LogP contribution in [0.4, 0.5) is 4.79 Å². The number of rotatable bonds is 7. The number of sulfonamides is 1. The summed E-state index contributed by atoms with van der Waals surface area (Å²) in [5.41, 5.74) is -1.55. The minimum atomic E-state index is -4.00. The normalized spacial score (nSPS) is 30.9. The maximum atomic E-state index is 14.3. The van der Waals surface area contributed by atoms with E-state index in [1.807, 2.05) is 25.1 Å². The molecule has 2 aromatic rings. The largest absolute Gasteiger partial charge is 0.479 e. The van der Waals surface area contributed by atoms with Crippen LogP contribution < -0.4 is 24.8 Å². The van der Waals surface area contributed by atoms with E-state index in [0.29, 0.717) is 42.3 Å². The van der Waals surface area contributed by atoms with E-state index in [4.69, 9.17) is 9.47 Å². The summed E-state index contributed by atoms with van der Waals surface area (Å²) in [6, 6.07) is 4.84. The van der Waals surface area contributed by atoms with Gasteiger partial charge in [0.1, 0.15) is 23.7 Å². The fourth-order valence-corrected chi connectivity index (χ4v) is 8.49. The molecule has 2 aliphatic carbocycles. The number of hydrogen-bond donors (Lipinski definition) is 4. The maximum absolute atomic E-state index is 14.3. The zero-order valence-corrected chi connectivity index (χ0v) is 29.4. The topological polar surface area (TPSA) is 206 Å². The number of nitrogens with zero attached hydrogens (tertiary/aromatic N) is 3. The standard InChI is InChI=1S/C34H44N6O9S/c1-19-9-5-6-10-21-17-34(21,31(43)39-50(46,47)33(3)13-14-33)36-27(41)25-16-22(18-40(25)30(42)26(20(2)15-19)35-32(44)45)49-29-24-12-8-7-11-23(24)28(48-4)37-38-29/h6-8,10-12,19-22,25-26,35H,5,9,13-18H2,1-4H3,(H,36,41)(H,39,43)(H,44,45)/t19-,20+,21+,22+,25-,26-,34+/m0/s1. The molecule has 2 aliphatic heterocycles. The molecule has 1 aromatic carbocycles. The molecule has 0 spiro atoms.